The molecule has 0 saturated heterocycles. The average Bonchev–Trinajstić information content (AvgIpc) is 2.41. The first-order valence-electron chi connectivity index (χ1n) is 8.00. The topological polar surface area (TPSA) is 26.3 Å². The van der Waals surface area contributed by atoms with E-state index in [2.05, 4.69) is 29.8 Å². The molecule has 19 heavy (non-hydrogen) atoms. The highest BCUT2D eigenvalue weighted by atomic mass is 79.9. The fourth-order valence-electron chi connectivity index (χ4n) is 1.99. The highest BCUT2D eigenvalue weighted by Crippen LogP contribution is 2.17. The van der Waals surface area contributed by atoms with Gasteiger partial charge in [-0.2, -0.15) is 0 Å². The Hall–Kier alpha value is -0.0500. The van der Waals surface area contributed by atoms with Crippen molar-refractivity contribution < 1.29 is 9.53 Å². The zero-order valence-electron chi connectivity index (χ0n) is 12.8. The molecule has 3 heteroatoms. The van der Waals surface area contributed by atoms with Crippen molar-refractivity contribution in [3.05, 3.63) is 0 Å². The molecule has 0 bridgehead atoms. The number of hydrogen-bond donors (Lipinski definition) is 0. The number of halogens is 1. The van der Waals surface area contributed by atoms with Crippen LogP contribution >= 0.6 is 15.9 Å². The van der Waals surface area contributed by atoms with E-state index in [4.69, 9.17) is 4.74 Å². The number of carbonyl (C=O) groups is 1. The van der Waals surface area contributed by atoms with Gasteiger partial charge in [0.25, 0.3) is 0 Å². The summed E-state index contributed by atoms with van der Waals surface area (Å²) >= 11 is 3.70. The first-order valence-corrected chi connectivity index (χ1v) is 8.92. The van der Waals surface area contributed by atoms with Crippen molar-refractivity contribution >= 4 is 21.9 Å². The summed E-state index contributed by atoms with van der Waals surface area (Å²) in [4.78, 5) is 12.1. The third-order valence-corrected chi connectivity index (χ3v) is 4.20. The van der Waals surface area contributed by atoms with E-state index in [9.17, 15) is 4.79 Å². The smallest absolute Gasteiger partial charge is 0.305 e. The zero-order valence-corrected chi connectivity index (χ0v) is 14.3. The minimum absolute atomic E-state index is 0.0174. The Morgan fingerprint density at radius 2 is 1.63 bits per heavy atom. The molecule has 1 atom stereocenters. The van der Waals surface area contributed by atoms with Crippen molar-refractivity contribution in [2.45, 2.75) is 89.3 Å². The standard InChI is InChI=1S/C16H31BrO2/c1-3-5-7-10-14-19-16(18)13-9-8-12-15(17)11-6-4-2/h15H,3-14H2,1-2H3. The van der Waals surface area contributed by atoms with Crippen molar-refractivity contribution in [2.24, 2.45) is 0 Å². The van der Waals surface area contributed by atoms with Crippen LogP contribution in [-0.2, 0) is 9.53 Å². The van der Waals surface area contributed by atoms with Gasteiger partial charge in [-0.1, -0.05) is 68.3 Å². The van der Waals surface area contributed by atoms with Crippen LogP contribution in [0.2, 0.25) is 0 Å². The van der Waals surface area contributed by atoms with E-state index in [-0.39, 0.29) is 5.97 Å². The number of esters is 1. The lowest BCUT2D eigenvalue weighted by Gasteiger charge is -2.08. The van der Waals surface area contributed by atoms with Crippen LogP contribution in [-0.4, -0.2) is 17.4 Å². The Morgan fingerprint density at radius 1 is 0.947 bits per heavy atom. The highest BCUT2D eigenvalue weighted by Gasteiger charge is 2.06. The van der Waals surface area contributed by atoms with Crippen molar-refractivity contribution in [3.8, 4) is 0 Å². The summed E-state index contributed by atoms with van der Waals surface area (Å²) < 4.78 is 5.21. The van der Waals surface area contributed by atoms with Gasteiger partial charge in [0.2, 0.25) is 0 Å². The molecule has 0 heterocycles. The molecule has 0 aromatic carbocycles. The van der Waals surface area contributed by atoms with Gasteiger partial charge < -0.3 is 4.74 Å². The second-order valence-electron chi connectivity index (χ2n) is 5.27. The van der Waals surface area contributed by atoms with Crippen molar-refractivity contribution in [1.29, 1.82) is 0 Å². The number of rotatable bonds is 13. The van der Waals surface area contributed by atoms with Gasteiger partial charge in [-0.15, -0.1) is 0 Å². The Bertz CT molecular complexity index is 207. The molecule has 0 aliphatic rings. The molecule has 114 valence electrons. The van der Waals surface area contributed by atoms with Crippen LogP contribution in [0.5, 0.6) is 0 Å². The van der Waals surface area contributed by atoms with Crippen LogP contribution in [0, 0.1) is 0 Å². The average molecular weight is 335 g/mol. The molecule has 0 saturated carbocycles. The minimum atomic E-state index is -0.0174. The van der Waals surface area contributed by atoms with E-state index in [1.165, 1.54) is 44.9 Å². The van der Waals surface area contributed by atoms with Crippen LogP contribution < -0.4 is 0 Å². The fraction of sp³-hybridized carbons (Fsp3) is 0.938. The minimum Gasteiger partial charge on any atom is -0.466 e. The van der Waals surface area contributed by atoms with Crippen LogP contribution in [0.1, 0.15) is 84.5 Å². The van der Waals surface area contributed by atoms with E-state index in [0.717, 1.165) is 19.3 Å². The maximum absolute atomic E-state index is 11.5. The van der Waals surface area contributed by atoms with Gasteiger partial charge in [-0.25, -0.2) is 0 Å². The molecule has 0 aromatic heterocycles. The molecular weight excluding hydrogens is 304 g/mol. The number of hydrogen-bond acceptors (Lipinski definition) is 2. The van der Waals surface area contributed by atoms with Crippen molar-refractivity contribution in [2.75, 3.05) is 6.61 Å². The normalized spacial score (nSPS) is 12.4. The monoisotopic (exact) mass is 334 g/mol. The lowest BCUT2D eigenvalue weighted by molar-refractivity contribution is -0.143. The molecule has 0 spiro atoms. The van der Waals surface area contributed by atoms with Crippen LogP contribution in [0.3, 0.4) is 0 Å². The van der Waals surface area contributed by atoms with Crippen LogP contribution in [0.4, 0.5) is 0 Å². The third kappa shape index (κ3) is 14.2. The second kappa shape index (κ2) is 14.4. The molecule has 0 aliphatic carbocycles. The summed E-state index contributed by atoms with van der Waals surface area (Å²) in [6, 6.07) is 0. The summed E-state index contributed by atoms with van der Waals surface area (Å²) in [6.07, 6.45) is 12.3. The first-order chi connectivity index (χ1) is 9.20. The van der Waals surface area contributed by atoms with Gasteiger partial charge in [0, 0.05) is 11.2 Å². The van der Waals surface area contributed by atoms with Crippen LogP contribution in [0.15, 0.2) is 0 Å². The van der Waals surface area contributed by atoms with Gasteiger partial charge in [-0.3, -0.25) is 4.79 Å². The Labute approximate surface area is 127 Å². The zero-order chi connectivity index (χ0) is 14.3. The molecule has 2 nitrogen and oxygen atoms in total. The molecule has 0 amide bonds. The second-order valence-corrected chi connectivity index (χ2v) is 6.56. The maximum atomic E-state index is 11.5. The largest absolute Gasteiger partial charge is 0.466 e. The maximum Gasteiger partial charge on any atom is 0.305 e. The molecule has 0 radical (unpaired) electrons. The number of carbonyl (C=O) groups excluding carboxylic acids is 1. The van der Waals surface area contributed by atoms with Crippen LogP contribution in [0.25, 0.3) is 0 Å². The summed E-state index contributed by atoms with van der Waals surface area (Å²) in [5.41, 5.74) is 0. The lowest BCUT2D eigenvalue weighted by atomic mass is 10.1. The lowest BCUT2D eigenvalue weighted by Crippen LogP contribution is -2.06. The van der Waals surface area contributed by atoms with Crippen molar-refractivity contribution in [1.82, 2.24) is 0 Å². The Balaban J connectivity index is 3.28. The Morgan fingerprint density at radius 3 is 2.32 bits per heavy atom. The molecule has 0 N–H and O–H groups in total. The molecular formula is C16H31BrO2. The van der Waals surface area contributed by atoms with E-state index < -0.39 is 0 Å². The summed E-state index contributed by atoms with van der Waals surface area (Å²) in [5.74, 6) is -0.0174. The quantitative estimate of drug-likeness (QED) is 0.248. The van der Waals surface area contributed by atoms with E-state index >= 15 is 0 Å². The molecule has 1 unspecified atom stereocenters. The number of ether oxygens (including phenoxy) is 1. The summed E-state index contributed by atoms with van der Waals surface area (Å²) in [5, 5.41) is 0. The SMILES string of the molecule is CCCCCCOC(=O)CCCCC(Br)CCCC. The fourth-order valence-corrected chi connectivity index (χ4v) is 2.64. The van der Waals surface area contributed by atoms with Gasteiger partial charge in [0.05, 0.1) is 6.61 Å². The van der Waals surface area contributed by atoms with Gasteiger partial charge in [-0.05, 0) is 25.7 Å². The third-order valence-electron chi connectivity index (χ3n) is 3.28. The number of unbranched alkanes of at least 4 members (excludes halogenated alkanes) is 5. The molecule has 0 aliphatic heterocycles. The molecule has 0 fully saturated rings. The molecule has 0 rings (SSSR count). The van der Waals surface area contributed by atoms with E-state index in [1.54, 1.807) is 0 Å². The molecule has 0 aromatic rings. The van der Waals surface area contributed by atoms with Gasteiger partial charge in [0.15, 0.2) is 0 Å². The number of alkyl halides is 1. The predicted molar refractivity (Wildman–Crippen MR) is 85.8 cm³/mol. The Kier molecular flexibility index (Phi) is 14.3. The van der Waals surface area contributed by atoms with Gasteiger partial charge in [0.1, 0.15) is 0 Å². The highest BCUT2D eigenvalue weighted by molar-refractivity contribution is 9.09. The van der Waals surface area contributed by atoms with E-state index in [0.29, 0.717) is 17.9 Å². The predicted octanol–water partition coefficient (Wildman–Crippen LogP) is 5.62. The summed E-state index contributed by atoms with van der Waals surface area (Å²) in [6.45, 7) is 5.01. The van der Waals surface area contributed by atoms with E-state index in [1.807, 2.05) is 0 Å². The summed E-state index contributed by atoms with van der Waals surface area (Å²) in [7, 11) is 0. The van der Waals surface area contributed by atoms with Gasteiger partial charge >= 0.3 is 5.97 Å². The van der Waals surface area contributed by atoms with Crippen molar-refractivity contribution in [3.63, 3.8) is 0 Å². The first kappa shape index (κ1) is 18.9.